The molecule has 8 nitrogen and oxygen atoms in total. The van der Waals surface area contributed by atoms with Gasteiger partial charge in [-0.3, -0.25) is 9.78 Å². The first-order chi connectivity index (χ1) is 15.6. The Kier molecular flexibility index (Phi) is 4.34. The van der Waals surface area contributed by atoms with E-state index >= 15 is 0 Å². The molecule has 5 heterocycles. The predicted octanol–water partition coefficient (Wildman–Crippen LogP) is 4.08. The van der Waals surface area contributed by atoms with E-state index in [1.807, 2.05) is 43.5 Å². The number of carbonyl (C=O) groups is 1. The third-order valence-corrected chi connectivity index (χ3v) is 6.99. The van der Waals surface area contributed by atoms with Gasteiger partial charge in [-0.1, -0.05) is 6.07 Å². The molecule has 1 saturated carbocycles. The lowest BCUT2D eigenvalue weighted by molar-refractivity contribution is -0.147. The lowest BCUT2D eigenvalue weighted by atomic mass is 9.69. The number of nitrogens with zero attached hydrogens (tertiary/aromatic N) is 5. The molecule has 32 heavy (non-hydrogen) atoms. The van der Waals surface area contributed by atoms with Gasteiger partial charge in [-0.25, -0.2) is 14.5 Å². The fourth-order valence-corrected chi connectivity index (χ4v) is 5.11. The number of aryl methyl sites for hydroxylation is 1. The predicted molar refractivity (Wildman–Crippen MR) is 118 cm³/mol. The second-order valence-corrected chi connectivity index (χ2v) is 8.93. The fraction of sp³-hybridized carbons (Fsp3) is 0.375. The molecule has 0 radical (unpaired) electrons. The highest BCUT2D eigenvalue weighted by Crippen LogP contribution is 2.48. The van der Waals surface area contributed by atoms with Crippen molar-refractivity contribution in [1.82, 2.24) is 29.5 Å². The average Bonchev–Trinajstić information content (AvgIpc) is 3.53. The Morgan fingerprint density at radius 3 is 2.78 bits per heavy atom. The molecule has 0 unspecified atom stereocenters. The first-order valence-electron chi connectivity index (χ1n) is 11.1. The number of pyridine rings is 2. The Hall–Kier alpha value is -3.55. The van der Waals surface area contributed by atoms with Gasteiger partial charge in [0.15, 0.2) is 5.65 Å². The number of H-pyrrole nitrogens is 1. The maximum Gasteiger partial charge on any atom is 0.312 e. The number of aromatic amines is 1. The number of rotatable bonds is 3. The molecule has 0 amide bonds. The van der Waals surface area contributed by atoms with Crippen LogP contribution in [0.2, 0.25) is 0 Å². The lowest BCUT2D eigenvalue weighted by Gasteiger charge is -2.32. The van der Waals surface area contributed by atoms with Crippen molar-refractivity contribution in [3.8, 4) is 22.6 Å². The van der Waals surface area contributed by atoms with Crippen molar-refractivity contribution in [2.75, 3.05) is 6.61 Å². The van der Waals surface area contributed by atoms with Gasteiger partial charge in [0.2, 0.25) is 0 Å². The van der Waals surface area contributed by atoms with Gasteiger partial charge in [0.25, 0.3) is 0 Å². The molecule has 1 aliphatic heterocycles. The van der Waals surface area contributed by atoms with Crippen LogP contribution in [0.5, 0.6) is 0 Å². The minimum absolute atomic E-state index is 0.0122. The van der Waals surface area contributed by atoms with E-state index < -0.39 is 0 Å². The summed E-state index contributed by atoms with van der Waals surface area (Å²) in [6.07, 6.45) is 7.90. The molecule has 2 aliphatic rings. The molecule has 0 aromatic carbocycles. The summed E-state index contributed by atoms with van der Waals surface area (Å²) in [4.78, 5) is 29.9. The van der Waals surface area contributed by atoms with Crippen LogP contribution in [0.3, 0.4) is 0 Å². The second-order valence-electron chi connectivity index (χ2n) is 8.93. The number of imidazole rings is 1. The highest BCUT2D eigenvalue weighted by atomic mass is 16.5. The number of fused-ring (bicyclic) bond motifs is 1. The minimum Gasteiger partial charge on any atom is -0.465 e. The monoisotopic (exact) mass is 428 g/mol. The van der Waals surface area contributed by atoms with Crippen LogP contribution in [0.1, 0.15) is 49.5 Å². The number of ether oxygens (including phenoxy) is 1. The van der Waals surface area contributed by atoms with Gasteiger partial charge in [-0.15, -0.1) is 0 Å². The molecule has 1 saturated heterocycles. The number of cyclic esters (lactones) is 1. The maximum absolute atomic E-state index is 12.3. The number of aromatic nitrogens is 6. The lowest BCUT2D eigenvalue weighted by Crippen LogP contribution is -2.31. The first-order valence-corrected chi connectivity index (χ1v) is 11.1. The van der Waals surface area contributed by atoms with E-state index in [1.165, 1.54) is 0 Å². The standard InChI is InChI=1S/C24H24N6O2/c1-15-3-2-4-18(27-15)21-20(17-5-6-19-25-14-26-30(19)13-17)28-22(29-21)16-7-9-24(10-8-16)11-12-32-23(24)31/h2-6,13-14,16H,7-12H2,1H3,(H,28,29). The van der Waals surface area contributed by atoms with E-state index in [0.717, 1.165) is 71.9 Å². The molecular formula is C24H24N6O2. The van der Waals surface area contributed by atoms with E-state index in [1.54, 1.807) is 10.8 Å². The summed E-state index contributed by atoms with van der Waals surface area (Å²) in [6, 6.07) is 9.97. The summed E-state index contributed by atoms with van der Waals surface area (Å²) in [6.45, 7) is 2.55. The highest BCUT2D eigenvalue weighted by molar-refractivity contribution is 5.79. The largest absolute Gasteiger partial charge is 0.465 e. The number of carbonyl (C=O) groups excluding carboxylic acids is 1. The Bertz CT molecular complexity index is 1320. The fourth-order valence-electron chi connectivity index (χ4n) is 5.11. The first kappa shape index (κ1) is 19.2. The van der Waals surface area contributed by atoms with Crippen LogP contribution in [-0.2, 0) is 9.53 Å². The molecule has 1 aliphatic carbocycles. The van der Waals surface area contributed by atoms with Crippen LogP contribution in [0.15, 0.2) is 42.9 Å². The van der Waals surface area contributed by atoms with Crippen molar-refractivity contribution in [3.05, 3.63) is 54.4 Å². The summed E-state index contributed by atoms with van der Waals surface area (Å²) in [7, 11) is 0. The molecule has 1 spiro atoms. The van der Waals surface area contributed by atoms with Crippen molar-refractivity contribution >= 4 is 11.6 Å². The molecule has 0 atom stereocenters. The minimum atomic E-state index is -0.273. The van der Waals surface area contributed by atoms with E-state index in [9.17, 15) is 4.79 Å². The molecule has 0 bridgehead atoms. The van der Waals surface area contributed by atoms with Gasteiger partial charge in [0.05, 0.1) is 29.1 Å². The SMILES string of the molecule is Cc1cccc(-c2[nH]c(C3CCC4(CCOC4=O)CC3)nc2-c2ccc3ncnn3c2)n1. The van der Waals surface area contributed by atoms with Crippen molar-refractivity contribution in [3.63, 3.8) is 0 Å². The Balaban J connectivity index is 1.39. The maximum atomic E-state index is 12.3. The Morgan fingerprint density at radius 2 is 2.00 bits per heavy atom. The Labute approximate surface area is 185 Å². The zero-order chi connectivity index (χ0) is 21.7. The van der Waals surface area contributed by atoms with Crippen LogP contribution in [-0.4, -0.2) is 42.1 Å². The molecule has 162 valence electrons. The molecule has 6 rings (SSSR count). The summed E-state index contributed by atoms with van der Waals surface area (Å²) < 4.78 is 7.04. The highest BCUT2D eigenvalue weighted by Gasteiger charge is 2.47. The summed E-state index contributed by atoms with van der Waals surface area (Å²) in [5.41, 5.74) is 5.06. The molecule has 4 aromatic rings. The number of esters is 1. The molecule has 2 fully saturated rings. The van der Waals surface area contributed by atoms with E-state index in [0.29, 0.717) is 6.61 Å². The third-order valence-electron chi connectivity index (χ3n) is 6.99. The van der Waals surface area contributed by atoms with Crippen molar-refractivity contribution in [1.29, 1.82) is 0 Å². The number of nitrogens with one attached hydrogen (secondary N) is 1. The summed E-state index contributed by atoms with van der Waals surface area (Å²) in [5, 5.41) is 4.27. The quantitative estimate of drug-likeness (QED) is 0.494. The third kappa shape index (κ3) is 3.09. The smallest absolute Gasteiger partial charge is 0.312 e. The van der Waals surface area contributed by atoms with Crippen LogP contribution in [0, 0.1) is 12.3 Å². The van der Waals surface area contributed by atoms with E-state index in [4.69, 9.17) is 14.7 Å². The molecule has 8 heteroatoms. The van der Waals surface area contributed by atoms with Gasteiger partial charge in [-0.2, -0.15) is 5.10 Å². The van der Waals surface area contributed by atoms with Crippen LogP contribution in [0.25, 0.3) is 28.3 Å². The van der Waals surface area contributed by atoms with Gasteiger partial charge >= 0.3 is 5.97 Å². The van der Waals surface area contributed by atoms with Crippen molar-refractivity contribution < 1.29 is 9.53 Å². The van der Waals surface area contributed by atoms with E-state index in [2.05, 4.69) is 15.1 Å². The number of hydrogen-bond acceptors (Lipinski definition) is 6. The molecular weight excluding hydrogens is 404 g/mol. The Morgan fingerprint density at radius 1 is 1.12 bits per heavy atom. The van der Waals surface area contributed by atoms with Gasteiger partial charge < -0.3 is 9.72 Å². The van der Waals surface area contributed by atoms with Crippen LogP contribution in [0.4, 0.5) is 0 Å². The molecule has 4 aromatic heterocycles. The van der Waals surface area contributed by atoms with Crippen molar-refractivity contribution in [2.45, 2.75) is 44.9 Å². The normalized spacial score (nSPS) is 23.2. The zero-order valence-electron chi connectivity index (χ0n) is 17.9. The molecule has 1 N–H and O–H groups in total. The van der Waals surface area contributed by atoms with Crippen molar-refractivity contribution in [2.24, 2.45) is 5.41 Å². The zero-order valence-corrected chi connectivity index (χ0v) is 17.9. The summed E-state index contributed by atoms with van der Waals surface area (Å²) in [5.74, 6) is 1.22. The second kappa shape index (κ2) is 7.25. The topological polar surface area (TPSA) is 98.1 Å². The van der Waals surface area contributed by atoms with Gasteiger partial charge in [0.1, 0.15) is 12.2 Å². The van der Waals surface area contributed by atoms with Crippen LogP contribution >= 0.6 is 0 Å². The summed E-state index contributed by atoms with van der Waals surface area (Å²) >= 11 is 0. The number of hydrogen-bond donors (Lipinski definition) is 1. The average molecular weight is 428 g/mol. The van der Waals surface area contributed by atoms with Gasteiger partial charge in [-0.05, 0) is 63.3 Å². The van der Waals surface area contributed by atoms with Crippen LogP contribution < -0.4 is 0 Å². The van der Waals surface area contributed by atoms with E-state index in [-0.39, 0.29) is 17.3 Å². The van der Waals surface area contributed by atoms with Gasteiger partial charge in [0, 0.05) is 23.4 Å².